The van der Waals surface area contributed by atoms with Crippen LogP contribution in [0.3, 0.4) is 0 Å². The number of aromatic nitrogens is 4. The molecule has 278 valence electrons. The van der Waals surface area contributed by atoms with E-state index in [9.17, 15) is 28.8 Å². The first kappa shape index (κ1) is 37.3. The lowest BCUT2D eigenvalue weighted by atomic mass is 9.94. The zero-order valence-electron chi connectivity index (χ0n) is 28.7. The predicted octanol–water partition coefficient (Wildman–Crippen LogP) is 3.85. The van der Waals surface area contributed by atoms with Gasteiger partial charge in [0.2, 0.25) is 0 Å². The largest absolute Gasteiger partial charge is 0.507 e. The molecule has 0 amide bonds. The number of imidazole rings is 1. The van der Waals surface area contributed by atoms with Gasteiger partial charge in [-0.1, -0.05) is 11.6 Å². The summed E-state index contributed by atoms with van der Waals surface area (Å²) < 4.78 is 66.6. The molecule has 0 saturated carbocycles. The van der Waals surface area contributed by atoms with Crippen LogP contribution in [0.25, 0.3) is 11.2 Å². The summed E-state index contributed by atoms with van der Waals surface area (Å²) in [6.07, 6.45) is 2.53. The van der Waals surface area contributed by atoms with Crippen LogP contribution in [-0.2, 0) is 50.2 Å². The highest BCUT2D eigenvalue weighted by Crippen LogP contribution is 2.59. The Labute approximate surface area is 292 Å². The molecular weight excluding hydrogens is 712 g/mol. The average molecular weight is 754 g/mol. The van der Waals surface area contributed by atoms with Gasteiger partial charge in [-0.15, -0.1) is 0 Å². The number of methoxy groups -OCH3 is 1. The monoisotopic (exact) mass is 753 g/mol. The number of allylic oxidation sites excluding steroid dienone is 2. The number of carbonyl (C=O) groups excluding carboxylic acids is 1. The number of carbonyl (C=O) groups is 1. The van der Waals surface area contributed by atoms with Gasteiger partial charge in [0.05, 0.1) is 26.7 Å². The van der Waals surface area contributed by atoms with Crippen molar-refractivity contribution in [2.75, 3.05) is 32.0 Å². The summed E-state index contributed by atoms with van der Waals surface area (Å²) in [5.41, 5.74) is 9.45. The van der Waals surface area contributed by atoms with Crippen LogP contribution in [0, 0.1) is 6.92 Å². The molecule has 0 aliphatic carbocycles. The average Bonchev–Trinajstić information content (AvgIpc) is 3.81. The number of aromatic hydroxyl groups is 1. The van der Waals surface area contributed by atoms with Crippen molar-refractivity contribution in [2.45, 2.75) is 83.9 Å². The number of hydrogen-bond donors (Lipinski definition) is 4. The minimum absolute atomic E-state index is 0.0720. The maximum Gasteiger partial charge on any atom is 0.342 e. The molecule has 6 atom stereocenters. The second kappa shape index (κ2) is 14.2. The number of cyclic esters (lactones) is 1. The van der Waals surface area contributed by atoms with E-state index in [4.69, 9.17) is 38.5 Å². The van der Waals surface area contributed by atoms with Crippen molar-refractivity contribution < 1.29 is 61.5 Å². The number of rotatable bonds is 14. The van der Waals surface area contributed by atoms with E-state index in [2.05, 4.69) is 15.0 Å². The normalized spacial score (nSPS) is 25.0. The number of fused-ring (bicyclic) bond motifs is 3. The molecule has 18 nitrogen and oxygen atoms in total. The van der Waals surface area contributed by atoms with Crippen LogP contribution < -0.4 is 10.5 Å². The summed E-state index contributed by atoms with van der Waals surface area (Å²) in [5, 5.41) is 10.8. The van der Waals surface area contributed by atoms with Gasteiger partial charge in [-0.3, -0.25) is 13.7 Å². The summed E-state index contributed by atoms with van der Waals surface area (Å²) in [6.45, 7) is 6.51. The number of nitrogens with two attached hydrogens (primary N) is 1. The Morgan fingerprint density at radius 1 is 1.16 bits per heavy atom. The first-order valence-electron chi connectivity index (χ1n) is 16.1. The third-order valence-electron chi connectivity index (χ3n) is 8.90. The van der Waals surface area contributed by atoms with Crippen molar-refractivity contribution in [3.8, 4) is 11.5 Å². The molecule has 2 aromatic heterocycles. The lowest BCUT2D eigenvalue weighted by molar-refractivity contribution is -0.199. The van der Waals surface area contributed by atoms with Crippen molar-refractivity contribution in [1.82, 2.24) is 19.5 Å². The van der Waals surface area contributed by atoms with Gasteiger partial charge >= 0.3 is 21.2 Å². The molecule has 5 heterocycles. The molecule has 6 rings (SSSR count). The maximum atomic E-state index is 13.0. The number of nitrogen functional groups attached to an aromatic ring is 1. The third-order valence-corrected chi connectivity index (χ3v) is 12.9. The van der Waals surface area contributed by atoms with Crippen LogP contribution in [0.5, 0.6) is 11.5 Å². The molecule has 0 spiro atoms. The van der Waals surface area contributed by atoms with Gasteiger partial charge in [-0.25, -0.2) is 19.7 Å². The van der Waals surface area contributed by atoms with E-state index in [0.29, 0.717) is 46.4 Å². The van der Waals surface area contributed by atoms with Crippen molar-refractivity contribution in [1.29, 1.82) is 0 Å². The molecule has 0 radical (unpaired) electrons. The highest BCUT2D eigenvalue weighted by molar-refractivity contribution is 7.70. The van der Waals surface area contributed by atoms with Crippen molar-refractivity contribution in [3.63, 3.8) is 0 Å². The molecule has 3 aliphatic heterocycles. The Balaban J connectivity index is 1.01. The summed E-state index contributed by atoms with van der Waals surface area (Å²) in [7, 11) is -7.72. The minimum atomic E-state index is -4.65. The molecular formula is C31H41N5O13P2. The van der Waals surface area contributed by atoms with Gasteiger partial charge in [-0.2, -0.15) is 0 Å². The molecule has 5 N–H and O–H groups in total. The first-order valence-corrected chi connectivity index (χ1v) is 19.6. The van der Waals surface area contributed by atoms with Crippen LogP contribution in [-0.4, -0.2) is 90.7 Å². The number of phenols is 1. The Hall–Kier alpha value is -3.44. The fourth-order valence-corrected chi connectivity index (χ4v) is 9.79. The SMILES string of the molecule is COc1c(C)c2c(c(O)c1C/C=C(\C)CCCOP(=O)(O)CP(=O)(O)OC[C@H]1O[C@@H](n3cnc4c(N)ncnc43)[C@@H]3OC(C)(C)O[C@@H]31)C(=O)OC2. The van der Waals surface area contributed by atoms with Crippen molar-refractivity contribution in [3.05, 3.63) is 46.6 Å². The highest BCUT2D eigenvalue weighted by Gasteiger charge is 2.56. The fourth-order valence-electron chi connectivity index (χ4n) is 6.54. The van der Waals surface area contributed by atoms with Crippen molar-refractivity contribution in [2.24, 2.45) is 0 Å². The van der Waals surface area contributed by atoms with Gasteiger partial charge in [-0.05, 0) is 52.5 Å². The number of anilines is 1. The quantitative estimate of drug-likeness (QED) is 0.0790. The van der Waals surface area contributed by atoms with Gasteiger partial charge in [0.1, 0.15) is 53.8 Å². The van der Waals surface area contributed by atoms with Crippen LogP contribution in [0.4, 0.5) is 5.82 Å². The molecule has 51 heavy (non-hydrogen) atoms. The Bertz CT molecular complexity index is 1970. The molecule has 3 aliphatic rings. The standard InChI is InChI=1S/C31H41N5O13P2/c1-16(8-9-18-23(37)21-19(11-44-30(21)38)17(2)24(18)43-5)7-6-10-45-50(39,40)15-51(41,42)46-12-20-25-26(49-31(3,4)48-25)29(47-20)36-14-35-22-27(32)33-13-34-28(22)36/h8,13-14,20,25-26,29,37H,6-7,9-12,15H2,1-5H3,(H,39,40)(H,41,42)(H2,32,33,34)/b16-8+/t20-,25-,26-,29-/m1/s1. The molecule has 2 fully saturated rings. The molecule has 2 unspecified atom stereocenters. The zero-order valence-corrected chi connectivity index (χ0v) is 30.5. The van der Waals surface area contributed by atoms with E-state index < -0.39 is 64.0 Å². The van der Waals surface area contributed by atoms with Gasteiger partial charge < -0.3 is 53.4 Å². The fraction of sp³-hybridized carbons (Fsp3) is 0.548. The first-order chi connectivity index (χ1) is 24.0. The Kier molecular flexibility index (Phi) is 10.4. The smallest absolute Gasteiger partial charge is 0.342 e. The van der Waals surface area contributed by atoms with Gasteiger partial charge in [0.25, 0.3) is 0 Å². The summed E-state index contributed by atoms with van der Waals surface area (Å²) in [5.74, 6) is -2.26. The van der Waals surface area contributed by atoms with E-state index in [0.717, 1.165) is 5.57 Å². The third kappa shape index (κ3) is 7.70. The summed E-state index contributed by atoms with van der Waals surface area (Å²) in [6, 6.07) is 0. The van der Waals surface area contributed by atoms with E-state index in [1.165, 1.54) is 19.8 Å². The summed E-state index contributed by atoms with van der Waals surface area (Å²) in [4.78, 5) is 45.6. The Morgan fingerprint density at radius 3 is 2.63 bits per heavy atom. The van der Waals surface area contributed by atoms with Gasteiger partial charge in [0, 0.05) is 11.1 Å². The Morgan fingerprint density at radius 2 is 1.88 bits per heavy atom. The lowest BCUT2D eigenvalue weighted by Gasteiger charge is -2.25. The number of hydrogen-bond acceptors (Lipinski definition) is 15. The van der Waals surface area contributed by atoms with E-state index in [-0.39, 0.29) is 36.8 Å². The van der Waals surface area contributed by atoms with E-state index >= 15 is 0 Å². The zero-order chi connectivity index (χ0) is 36.9. The predicted molar refractivity (Wildman–Crippen MR) is 179 cm³/mol. The van der Waals surface area contributed by atoms with E-state index in [1.807, 2.05) is 13.0 Å². The second-order valence-electron chi connectivity index (χ2n) is 13.0. The van der Waals surface area contributed by atoms with Gasteiger partial charge in [0.15, 0.2) is 29.4 Å². The number of esters is 1. The molecule has 2 saturated heterocycles. The van der Waals surface area contributed by atoms with E-state index in [1.54, 1.807) is 25.3 Å². The van der Waals surface area contributed by atoms with Crippen LogP contribution >= 0.6 is 15.2 Å². The highest BCUT2D eigenvalue weighted by atomic mass is 31.2. The number of ether oxygens (including phenoxy) is 5. The number of nitrogens with zero attached hydrogens (tertiary/aromatic N) is 4. The van der Waals surface area contributed by atoms with Crippen LogP contribution in [0.2, 0.25) is 0 Å². The summed E-state index contributed by atoms with van der Waals surface area (Å²) >= 11 is 0. The molecule has 1 aromatic carbocycles. The molecule has 3 aromatic rings. The minimum Gasteiger partial charge on any atom is -0.507 e. The van der Waals surface area contributed by atoms with Crippen LogP contribution in [0.15, 0.2) is 24.3 Å². The molecule has 20 heteroatoms. The number of benzene rings is 1. The number of phenolic OH excluding ortho intramolecular Hbond substituents is 1. The topological polar surface area (TPSA) is 246 Å². The lowest BCUT2D eigenvalue weighted by Crippen LogP contribution is -2.32. The second-order valence-corrected chi connectivity index (χ2v) is 17.2. The van der Waals surface area contributed by atoms with Crippen LogP contribution in [0.1, 0.15) is 66.9 Å². The maximum absolute atomic E-state index is 13.0. The molecule has 0 bridgehead atoms. The van der Waals surface area contributed by atoms with Crippen molar-refractivity contribution >= 4 is 38.1 Å².